The standard InChI is InChI=1S/C20H15FN2O4S/c21-14-4-1-12(2-5-14)17-7-8-18(28-17)20(25)23-22-19(24)13-3-6-15-16(11-13)27-10-9-26-15/h1-8,11H,9-10H2,(H,22,24)(H,23,25). The van der Waals surface area contributed by atoms with Gasteiger partial charge in [-0.05, 0) is 48.0 Å². The van der Waals surface area contributed by atoms with Crippen molar-refractivity contribution in [3.05, 3.63) is 70.9 Å². The Hall–Kier alpha value is -3.39. The maximum atomic E-state index is 13.0. The van der Waals surface area contributed by atoms with Crippen molar-refractivity contribution in [2.75, 3.05) is 13.2 Å². The lowest BCUT2D eigenvalue weighted by Crippen LogP contribution is -2.41. The summed E-state index contributed by atoms with van der Waals surface area (Å²) >= 11 is 1.24. The number of hydrogen-bond acceptors (Lipinski definition) is 5. The molecule has 142 valence electrons. The third-order valence-corrected chi connectivity index (χ3v) is 5.19. The number of thiophene rings is 1. The summed E-state index contributed by atoms with van der Waals surface area (Å²) in [5.74, 6) is -0.156. The summed E-state index contributed by atoms with van der Waals surface area (Å²) in [5.41, 5.74) is 5.92. The first-order valence-electron chi connectivity index (χ1n) is 8.46. The second kappa shape index (κ2) is 7.69. The Morgan fingerprint density at radius 1 is 0.857 bits per heavy atom. The van der Waals surface area contributed by atoms with Crippen molar-refractivity contribution in [1.29, 1.82) is 0 Å². The van der Waals surface area contributed by atoms with Crippen molar-refractivity contribution >= 4 is 23.2 Å². The topological polar surface area (TPSA) is 76.7 Å². The summed E-state index contributed by atoms with van der Waals surface area (Å²) in [6, 6.07) is 14.2. The van der Waals surface area contributed by atoms with Gasteiger partial charge in [0.05, 0.1) is 4.88 Å². The van der Waals surface area contributed by atoms with E-state index in [1.165, 1.54) is 23.5 Å². The van der Waals surface area contributed by atoms with Crippen molar-refractivity contribution in [2.24, 2.45) is 0 Å². The van der Waals surface area contributed by atoms with E-state index in [1.54, 1.807) is 42.5 Å². The van der Waals surface area contributed by atoms with E-state index in [2.05, 4.69) is 10.9 Å². The molecule has 2 amide bonds. The molecule has 4 rings (SSSR count). The molecule has 0 unspecified atom stereocenters. The van der Waals surface area contributed by atoms with Crippen LogP contribution in [0.15, 0.2) is 54.6 Å². The fraction of sp³-hybridized carbons (Fsp3) is 0.100. The van der Waals surface area contributed by atoms with Crippen LogP contribution in [0.1, 0.15) is 20.0 Å². The van der Waals surface area contributed by atoms with Crippen LogP contribution in [0, 0.1) is 5.82 Å². The molecular weight excluding hydrogens is 383 g/mol. The molecule has 0 aliphatic carbocycles. The molecule has 2 heterocycles. The summed E-state index contributed by atoms with van der Waals surface area (Å²) < 4.78 is 23.9. The number of nitrogens with one attached hydrogen (secondary N) is 2. The minimum absolute atomic E-state index is 0.319. The number of ether oxygens (including phenoxy) is 2. The largest absolute Gasteiger partial charge is 0.486 e. The van der Waals surface area contributed by atoms with E-state index in [4.69, 9.17) is 9.47 Å². The molecule has 2 N–H and O–H groups in total. The lowest BCUT2D eigenvalue weighted by Gasteiger charge is -2.18. The summed E-state index contributed by atoms with van der Waals surface area (Å²) in [6.07, 6.45) is 0. The smallest absolute Gasteiger partial charge is 0.279 e. The van der Waals surface area contributed by atoms with Crippen LogP contribution in [0.3, 0.4) is 0 Å². The van der Waals surface area contributed by atoms with Crippen molar-refractivity contribution < 1.29 is 23.5 Å². The number of halogens is 1. The molecule has 8 heteroatoms. The molecule has 2 aromatic carbocycles. The van der Waals surface area contributed by atoms with Crippen LogP contribution in [0.2, 0.25) is 0 Å². The predicted octanol–water partition coefficient (Wildman–Crippen LogP) is 3.40. The van der Waals surface area contributed by atoms with E-state index in [0.717, 1.165) is 10.4 Å². The van der Waals surface area contributed by atoms with Crippen LogP contribution in [-0.4, -0.2) is 25.0 Å². The second-order valence-electron chi connectivity index (χ2n) is 5.94. The number of carbonyl (C=O) groups excluding carboxylic acids is 2. The van der Waals surface area contributed by atoms with Crippen LogP contribution < -0.4 is 20.3 Å². The van der Waals surface area contributed by atoms with Gasteiger partial charge in [0.2, 0.25) is 0 Å². The fourth-order valence-electron chi connectivity index (χ4n) is 2.66. The highest BCUT2D eigenvalue weighted by Gasteiger charge is 2.16. The molecule has 0 saturated heterocycles. The van der Waals surface area contributed by atoms with Crippen LogP contribution in [0.4, 0.5) is 4.39 Å². The van der Waals surface area contributed by atoms with Gasteiger partial charge in [-0.25, -0.2) is 4.39 Å². The number of hydrogen-bond donors (Lipinski definition) is 2. The van der Waals surface area contributed by atoms with Gasteiger partial charge < -0.3 is 9.47 Å². The van der Waals surface area contributed by atoms with Crippen LogP contribution in [0.25, 0.3) is 10.4 Å². The SMILES string of the molecule is O=C(NNC(=O)c1ccc(-c2ccc(F)cc2)s1)c1ccc2c(c1)OCCO2. The Labute approximate surface area is 163 Å². The van der Waals surface area contributed by atoms with Crippen LogP contribution in [0.5, 0.6) is 11.5 Å². The average Bonchev–Trinajstić information content (AvgIpc) is 3.22. The van der Waals surface area contributed by atoms with Gasteiger partial charge in [-0.15, -0.1) is 11.3 Å². The molecule has 3 aromatic rings. The average molecular weight is 398 g/mol. The summed E-state index contributed by atoms with van der Waals surface area (Å²) in [4.78, 5) is 25.8. The van der Waals surface area contributed by atoms with E-state index in [1.807, 2.05) is 0 Å². The Bertz CT molecular complexity index is 1030. The second-order valence-corrected chi connectivity index (χ2v) is 7.02. The van der Waals surface area contributed by atoms with Crippen LogP contribution in [-0.2, 0) is 0 Å². The molecule has 0 atom stereocenters. The van der Waals surface area contributed by atoms with Crippen molar-refractivity contribution in [2.45, 2.75) is 0 Å². The molecular formula is C20H15FN2O4S. The number of rotatable bonds is 3. The Balaban J connectivity index is 1.39. The van der Waals surface area contributed by atoms with Gasteiger partial charge in [0.15, 0.2) is 11.5 Å². The summed E-state index contributed by atoms with van der Waals surface area (Å²) in [6.45, 7) is 0.888. The van der Waals surface area contributed by atoms with Gasteiger partial charge in [0.25, 0.3) is 11.8 Å². The minimum Gasteiger partial charge on any atom is -0.486 e. The highest BCUT2D eigenvalue weighted by Crippen LogP contribution is 2.31. The maximum Gasteiger partial charge on any atom is 0.279 e. The Kier molecular flexibility index (Phi) is 4.94. The lowest BCUT2D eigenvalue weighted by atomic mass is 10.2. The predicted molar refractivity (Wildman–Crippen MR) is 102 cm³/mol. The highest BCUT2D eigenvalue weighted by atomic mass is 32.1. The molecule has 1 aromatic heterocycles. The number of hydrazine groups is 1. The van der Waals surface area contributed by atoms with Crippen LogP contribution >= 0.6 is 11.3 Å². The number of carbonyl (C=O) groups is 2. The molecule has 0 fully saturated rings. The zero-order valence-electron chi connectivity index (χ0n) is 14.5. The monoisotopic (exact) mass is 398 g/mol. The Morgan fingerprint density at radius 2 is 1.57 bits per heavy atom. The van der Waals surface area contributed by atoms with Gasteiger partial charge in [-0.2, -0.15) is 0 Å². The number of benzene rings is 2. The van der Waals surface area contributed by atoms with Gasteiger partial charge in [-0.1, -0.05) is 12.1 Å². The summed E-state index contributed by atoms with van der Waals surface area (Å²) in [5, 5.41) is 0. The molecule has 0 radical (unpaired) electrons. The van der Waals surface area contributed by atoms with Gasteiger partial charge in [0, 0.05) is 10.4 Å². The Morgan fingerprint density at radius 3 is 2.36 bits per heavy atom. The molecule has 0 bridgehead atoms. The molecule has 6 nitrogen and oxygen atoms in total. The zero-order valence-corrected chi connectivity index (χ0v) is 15.3. The lowest BCUT2D eigenvalue weighted by molar-refractivity contribution is 0.0848. The highest BCUT2D eigenvalue weighted by molar-refractivity contribution is 7.17. The molecule has 1 aliphatic rings. The van der Waals surface area contributed by atoms with Crippen molar-refractivity contribution in [1.82, 2.24) is 10.9 Å². The van der Waals surface area contributed by atoms with Gasteiger partial charge in [0.1, 0.15) is 19.0 Å². The first kappa shape index (κ1) is 18.0. The first-order valence-corrected chi connectivity index (χ1v) is 9.28. The van der Waals surface area contributed by atoms with E-state index < -0.39 is 11.8 Å². The van der Waals surface area contributed by atoms with E-state index in [0.29, 0.717) is 35.2 Å². The fourth-order valence-corrected chi connectivity index (χ4v) is 3.57. The quantitative estimate of drug-likeness (QED) is 0.663. The van der Waals surface area contributed by atoms with E-state index in [-0.39, 0.29) is 5.82 Å². The maximum absolute atomic E-state index is 13.0. The van der Waals surface area contributed by atoms with Crippen molar-refractivity contribution in [3.8, 4) is 21.9 Å². The zero-order chi connectivity index (χ0) is 19.5. The molecule has 0 saturated carbocycles. The molecule has 1 aliphatic heterocycles. The van der Waals surface area contributed by atoms with E-state index in [9.17, 15) is 14.0 Å². The molecule has 0 spiro atoms. The van der Waals surface area contributed by atoms with Gasteiger partial charge in [-0.3, -0.25) is 20.4 Å². The number of amides is 2. The number of fused-ring (bicyclic) bond motifs is 1. The first-order chi connectivity index (χ1) is 13.6. The summed E-state index contributed by atoms with van der Waals surface area (Å²) in [7, 11) is 0. The van der Waals surface area contributed by atoms with Crippen molar-refractivity contribution in [3.63, 3.8) is 0 Å². The van der Waals surface area contributed by atoms with Gasteiger partial charge >= 0.3 is 0 Å². The minimum atomic E-state index is -0.472. The van der Waals surface area contributed by atoms with E-state index >= 15 is 0 Å². The molecule has 28 heavy (non-hydrogen) atoms. The third-order valence-electron chi connectivity index (χ3n) is 4.05. The third kappa shape index (κ3) is 3.81. The normalized spacial score (nSPS) is 12.3.